The summed E-state index contributed by atoms with van der Waals surface area (Å²) in [7, 11) is 0. The minimum absolute atomic E-state index is 0.0413. The minimum atomic E-state index is -0.808. The predicted molar refractivity (Wildman–Crippen MR) is 81.0 cm³/mol. The van der Waals surface area contributed by atoms with Gasteiger partial charge in [0.2, 0.25) is 0 Å². The maximum atomic E-state index is 12.5. The number of rotatable bonds is 5. The molecular formula is C15H13N5O3. The molecule has 0 saturated heterocycles. The fraction of sp³-hybridized carbons (Fsp3) is 0.267. The Labute approximate surface area is 130 Å². The van der Waals surface area contributed by atoms with E-state index < -0.39 is 17.1 Å². The first-order valence-electron chi connectivity index (χ1n) is 6.88. The Morgan fingerprint density at radius 2 is 1.26 bits per heavy atom. The van der Waals surface area contributed by atoms with Crippen LogP contribution in [0.1, 0.15) is 12.8 Å². The Balaban J connectivity index is 2.79. The molecule has 0 bridgehead atoms. The van der Waals surface area contributed by atoms with E-state index in [1.807, 2.05) is 12.1 Å². The molecule has 0 unspecified atom stereocenters. The van der Waals surface area contributed by atoms with Crippen molar-refractivity contribution in [2.75, 3.05) is 0 Å². The second kappa shape index (κ2) is 7.05. The van der Waals surface area contributed by atoms with Gasteiger partial charge in [-0.25, -0.2) is 28.1 Å². The summed E-state index contributed by atoms with van der Waals surface area (Å²) >= 11 is 0. The lowest BCUT2D eigenvalue weighted by atomic mass is 10.3. The van der Waals surface area contributed by atoms with Gasteiger partial charge in [-0.15, -0.1) is 0 Å². The van der Waals surface area contributed by atoms with Crippen molar-refractivity contribution in [1.82, 2.24) is 13.7 Å². The van der Waals surface area contributed by atoms with Gasteiger partial charge < -0.3 is 0 Å². The van der Waals surface area contributed by atoms with Gasteiger partial charge in [0.25, 0.3) is 0 Å². The first-order chi connectivity index (χ1) is 11.1. The third-order valence-corrected chi connectivity index (χ3v) is 3.22. The van der Waals surface area contributed by atoms with Crippen molar-refractivity contribution in [3.05, 3.63) is 61.8 Å². The summed E-state index contributed by atoms with van der Waals surface area (Å²) in [6.45, 7) is -0.234. The monoisotopic (exact) mass is 311 g/mol. The predicted octanol–water partition coefficient (Wildman–Crippen LogP) is -0.0117. The van der Waals surface area contributed by atoms with Gasteiger partial charge in [-0.1, -0.05) is 18.2 Å². The summed E-state index contributed by atoms with van der Waals surface area (Å²) in [5.41, 5.74) is -2.08. The van der Waals surface area contributed by atoms with E-state index in [0.717, 1.165) is 13.7 Å². The highest BCUT2D eigenvalue weighted by atomic mass is 16.2. The average Bonchev–Trinajstić information content (AvgIpc) is 2.56. The van der Waals surface area contributed by atoms with Crippen LogP contribution in [0.2, 0.25) is 0 Å². The van der Waals surface area contributed by atoms with E-state index in [1.54, 1.807) is 30.3 Å². The zero-order valence-corrected chi connectivity index (χ0v) is 12.2. The lowest BCUT2D eigenvalue weighted by Gasteiger charge is -2.12. The van der Waals surface area contributed by atoms with Gasteiger partial charge in [-0.2, -0.15) is 10.5 Å². The molecule has 116 valence electrons. The van der Waals surface area contributed by atoms with Crippen LogP contribution >= 0.6 is 0 Å². The fourth-order valence-electron chi connectivity index (χ4n) is 2.14. The quantitative estimate of drug-likeness (QED) is 0.770. The summed E-state index contributed by atoms with van der Waals surface area (Å²) in [6.07, 6.45) is -0.0826. The molecule has 0 fully saturated rings. The molecule has 0 aliphatic rings. The molecule has 2 rings (SSSR count). The Hall–Kier alpha value is -3.39. The molecule has 0 aliphatic heterocycles. The number of hydrogen-bond donors (Lipinski definition) is 0. The summed E-state index contributed by atoms with van der Waals surface area (Å²) in [5.74, 6) is 0. The third-order valence-electron chi connectivity index (χ3n) is 3.22. The van der Waals surface area contributed by atoms with E-state index in [0.29, 0.717) is 5.69 Å². The van der Waals surface area contributed by atoms with E-state index in [2.05, 4.69) is 0 Å². The molecular weight excluding hydrogens is 298 g/mol. The van der Waals surface area contributed by atoms with E-state index in [4.69, 9.17) is 10.5 Å². The Morgan fingerprint density at radius 1 is 0.783 bits per heavy atom. The van der Waals surface area contributed by atoms with Crippen LogP contribution in [0.25, 0.3) is 5.69 Å². The molecule has 1 aromatic carbocycles. The maximum Gasteiger partial charge on any atom is 0.341 e. The highest BCUT2D eigenvalue weighted by Crippen LogP contribution is 2.00. The molecule has 8 heteroatoms. The molecule has 0 radical (unpaired) electrons. The number of nitriles is 2. The highest BCUT2D eigenvalue weighted by Gasteiger charge is 2.16. The number of benzene rings is 1. The lowest BCUT2D eigenvalue weighted by Crippen LogP contribution is -2.54. The minimum Gasteiger partial charge on any atom is -0.247 e. The molecule has 23 heavy (non-hydrogen) atoms. The second-order valence-electron chi connectivity index (χ2n) is 4.64. The normalized spacial score (nSPS) is 10.0. The topological polar surface area (TPSA) is 114 Å². The van der Waals surface area contributed by atoms with E-state index in [-0.39, 0.29) is 25.9 Å². The zero-order chi connectivity index (χ0) is 16.8. The van der Waals surface area contributed by atoms with Gasteiger partial charge in [0, 0.05) is 13.1 Å². The van der Waals surface area contributed by atoms with Gasteiger partial charge in [-0.3, -0.25) is 0 Å². The van der Waals surface area contributed by atoms with E-state index in [1.165, 1.54) is 0 Å². The van der Waals surface area contributed by atoms with Gasteiger partial charge in [0.15, 0.2) is 0 Å². The van der Waals surface area contributed by atoms with Gasteiger partial charge >= 0.3 is 17.1 Å². The van der Waals surface area contributed by atoms with Gasteiger partial charge in [0.1, 0.15) is 0 Å². The van der Waals surface area contributed by atoms with Crippen molar-refractivity contribution in [3.8, 4) is 17.8 Å². The molecule has 1 aromatic heterocycles. The van der Waals surface area contributed by atoms with Crippen LogP contribution in [0.15, 0.2) is 44.7 Å². The number of para-hydroxylation sites is 1. The van der Waals surface area contributed by atoms with Crippen molar-refractivity contribution >= 4 is 0 Å². The van der Waals surface area contributed by atoms with Crippen LogP contribution in [-0.4, -0.2) is 13.7 Å². The first kappa shape index (κ1) is 16.0. The molecule has 0 atom stereocenters. The Morgan fingerprint density at radius 3 is 1.70 bits per heavy atom. The largest absolute Gasteiger partial charge is 0.341 e. The number of hydrogen-bond acceptors (Lipinski definition) is 5. The van der Waals surface area contributed by atoms with Crippen LogP contribution < -0.4 is 17.1 Å². The van der Waals surface area contributed by atoms with Crippen molar-refractivity contribution in [3.63, 3.8) is 0 Å². The number of nitrogens with zero attached hydrogens (tertiary/aromatic N) is 5. The van der Waals surface area contributed by atoms with Crippen molar-refractivity contribution in [2.45, 2.75) is 25.9 Å². The molecule has 0 saturated carbocycles. The van der Waals surface area contributed by atoms with Crippen LogP contribution in [0.4, 0.5) is 0 Å². The van der Waals surface area contributed by atoms with Gasteiger partial charge in [-0.05, 0) is 12.1 Å². The SMILES string of the molecule is N#CCCn1c(=O)n(CCC#N)c(=O)n(-c2ccccc2)c1=O. The van der Waals surface area contributed by atoms with E-state index >= 15 is 0 Å². The summed E-state index contributed by atoms with van der Waals surface area (Å²) in [5, 5.41) is 17.4. The van der Waals surface area contributed by atoms with Crippen molar-refractivity contribution in [2.24, 2.45) is 0 Å². The Kier molecular flexibility index (Phi) is 4.90. The van der Waals surface area contributed by atoms with Crippen molar-refractivity contribution < 1.29 is 0 Å². The molecule has 0 aliphatic carbocycles. The van der Waals surface area contributed by atoms with Crippen molar-refractivity contribution in [1.29, 1.82) is 10.5 Å². The van der Waals surface area contributed by atoms with Gasteiger partial charge in [0.05, 0.1) is 30.7 Å². The maximum absolute atomic E-state index is 12.5. The molecule has 8 nitrogen and oxygen atoms in total. The fourth-order valence-corrected chi connectivity index (χ4v) is 2.14. The summed E-state index contributed by atoms with van der Waals surface area (Å²) < 4.78 is 2.56. The number of aromatic nitrogens is 3. The van der Waals surface area contributed by atoms with E-state index in [9.17, 15) is 14.4 Å². The van der Waals surface area contributed by atoms with Crippen LogP contribution in [-0.2, 0) is 13.1 Å². The zero-order valence-electron chi connectivity index (χ0n) is 12.2. The summed E-state index contributed by atoms with van der Waals surface area (Å²) in [6, 6.07) is 11.9. The van der Waals surface area contributed by atoms with Crippen LogP contribution in [0.5, 0.6) is 0 Å². The average molecular weight is 311 g/mol. The molecule has 0 spiro atoms. The summed E-state index contributed by atoms with van der Waals surface area (Å²) in [4.78, 5) is 37.3. The molecule has 2 aromatic rings. The highest BCUT2D eigenvalue weighted by molar-refractivity contribution is 5.30. The Bertz CT molecular complexity index is 898. The lowest BCUT2D eigenvalue weighted by molar-refractivity contribution is 0.495. The van der Waals surface area contributed by atoms with Crippen LogP contribution in [0, 0.1) is 22.7 Å². The second-order valence-corrected chi connectivity index (χ2v) is 4.64. The van der Waals surface area contributed by atoms with Crippen LogP contribution in [0.3, 0.4) is 0 Å². The molecule has 0 amide bonds. The third kappa shape index (κ3) is 3.11. The first-order valence-corrected chi connectivity index (χ1v) is 6.88. The molecule has 1 heterocycles. The standard InChI is InChI=1S/C15H13N5O3/c16-8-4-10-18-13(21)19(11-5-9-17)15(23)20(14(18)22)12-6-2-1-3-7-12/h1-3,6-7H,4-5,10-11H2. The molecule has 0 N–H and O–H groups in total. The smallest absolute Gasteiger partial charge is 0.247 e.